The Kier molecular flexibility index (Phi) is 15.0. The molecular weight excluding hydrogens is 749 g/mol. The van der Waals surface area contributed by atoms with E-state index in [9.17, 15) is 9.59 Å². The molecular formula is C36H36N2O8S5. The van der Waals surface area contributed by atoms with Gasteiger partial charge in [0.25, 0.3) is 8.68 Å². The molecule has 0 aliphatic rings. The second-order valence-electron chi connectivity index (χ2n) is 10.5. The van der Waals surface area contributed by atoms with Crippen molar-refractivity contribution in [1.29, 1.82) is 0 Å². The average molecular weight is 785 g/mol. The first-order valence-corrected chi connectivity index (χ1v) is 20.3. The molecule has 0 bridgehead atoms. The highest BCUT2D eigenvalue weighted by Gasteiger charge is 2.30. The van der Waals surface area contributed by atoms with Gasteiger partial charge in [0.2, 0.25) is 11.0 Å². The molecule has 6 rings (SSSR count). The molecule has 51 heavy (non-hydrogen) atoms. The van der Waals surface area contributed by atoms with Crippen LogP contribution in [-0.4, -0.2) is 42.7 Å². The van der Waals surface area contributed by atoms with E-state index in [1.165, 1.54) is 20.4 Å². The molecule has 10 nitrogen and oxygen atoms in total. The Hall–Kier alpha value is -3.83. The maximum Gasteiger partial charge on any atom is 0.324 e. The molecule has 4 aromatic carbocycles. The fraction of sp³-hybridized carbons (Fsp3) is 0.222. The summed E-state index contributed by atoms with van der Waals surface area (Å²) in [5.41, 5.74) is 4.29. The summed E-state index contributed by atoms with van der Waals surface area (Å²) in [7, 11) is -1.09. The molecule has 15 heteroatoms. The van der Waals surface area contributed by atoms with Crippen LogP contribution in [0.25, 0.3) is 20.4 Å². The van der Waals surface area contributed by atoms with Crippen molar-refractivity contribution in [2.75, 3.05) is 13.2 Å². The van der Waals surface area contributed by atoms with Gasteiger partial charge in [0, 0.05) is 22.5 Å². The molecule has 0 aliphatic heterocycles. The minimum atomic E-state index is -5.17. The minimum absolute atomic E-state index is 0.193. The van der Waals surface area contributed by atoms with E-state index in [4.69, 9.17) is 27.0 Å². The van der Waals surface area contributed by atoms with Gasteiger partial charge in [0.15, 0.2) is 0 Å². The Bertz CT molecular complexity index is 2010. The number of fused-ring (bicyclic) bond motifs is 2. The third-order valence-electron chi connectivity index (χ3n) is 7.04. The van der Waals surface area contributed by atoms with E-state index in [0.717, 1.165) is 19.8 Å². The number of nitrogens with zero attached hydrogens (tertiary/aromatic N) is 2. The number of aromatic nitrogens is 2. The number of thioether (sulfide) groups is 2. The smallest absolute Gasteiger partial charge is 0.324 e. The molecule has 6 aromatic rings. The van der Waals surface area contributed by atoms with Gasteiger partial charge in [-0.1, -0.05) is 108 Å². The summed E-state index contributed by atoms with van der Waals surface area (Å²) in [5, 5.41) is -0.703. The van der Waals surface area contributed by atoms with E-state index >= 15 is 0 Å². The molecule has 0 aliphatic carbocycles. The first-order valence-electron chi connectivity index (χ1n) is 15.6. The standard InChI is InChI=1S/2C18H18NO2S2.H2O4S/c2*1-3-21-17(20)16(13-9-5-4-6-10-13)23-18-19(2)14-11-7-8-12-15(14)22-18;1-5(2,3)4/h2*4-12,16H,3H2,1-2H3;(H2,1,2,3,4)/q2*+1;/p-2. The van der Waals surface area contributed by atoms with Gasteiger partial charge in [-0.25, -0.2) is 0 Å². The fourth-order valence-electron chi connectivity index (χ4n) is 4.77. The molecule has 2 heterocycles. The lowest BCUT2D eigenvalue weighted by molar-refractivity contribution is -0.677. The monoisotopic (exact) mass is 784 g/mol. The van der Waals surface area contributed by atoms with E-state index in [1.54, 1.807) is 46.2 Å². The van der Waals surface area contributed by atoms with Gasteiger partial charge < -0.3 is 18.6 Å². The van der Waals surface area contributed by atoms with Crippen LogP contribution < -0.4 is 9.13 Å². The molecule has 0 radical (unpaired) electrons. The second kappa shape index (κ2) is 19.1. The number of aryl methyl sites for hydroxylation is 2. The van der Waals surface area contributed by atoms with Crippen LogP contribution in [-0.2, 0) is 43.6 Å². The normalized spacial score (nSPS) is 12.2. The average Bonchev–Trinajstić information content (AvgIpc) is 3.61. The Labute approximate surface area is 313 Å². The van der Waals surface area contributed by atoms with Crippen LogP contribution in [0.15, 0.2) is 118 Å². The fourth-order valence-corrected chi connectivity index (χ4v) is 9.86. The lowest BCUT2D eigenvalue weighted by Crippen LogP contribution is -2.29. The summed E-state index contributed by atoms with van der Waals surface area (Å²) < 4.78 is 53.5. The van der Waals surface area contributed by atoms with Crippen molar-refractivity contribution in [1.82, 2.24) is 0 Å². The summed E-state index contributed by atoms with van der Waals surface area (Å²) >= 11 is 6.50. The third kappa shape index (κ3) is 11.6. The Balaban J connectivity index is 0.000000202. The molecule has 268 valence electrons. The van der Waals surface area contributed by atoms with Gasteiger partial charge in [-0.2, -0.15) is 9.13 Å². The number of carbonyl (C=O) groups is 2. The number of ether oxygens (including phenoxy) is 2. The molecule has 0 saturated carbocycles. The molecule has 0 spiro atoms. The van der Waals surface area contributed by atoms with Gasteiger partial charge >= 0.3 is 11.9 Å². The first-order chi connectivity index (χ1) is 24.4. The summed E-state index contributed by atoms with van der Waals surface area (Å²) in [6, 6.07) is 36.1. The lowest BCUT2D eigenvalue weighted by atomic mass is 10.1. The highest BCUT2D eigenvalue weighted by molar-refractivity contribution is 8.02. The number of rotatable bonds is 10. The SMILES string of the molecule is CCOC(=O)C(Sc1sc2ccccc2[n+]1C)c1ccccc1.CCOC(=O)C(Sc1sc2ccccc2[n+]1C)c1ccccc1.O=S(=O)([O-])[O-]. The quantitative estimate of drug-likeness (QED) is 0.0474. The van der Waals surface area contributed by atoms with Crippen molar-refractivity contribution in [2.24, 2.45) is 14.1 Å². The van der Waals surface area contributed by atoms with Crippen molar-refractivity contribution in [3.8, 4) is 0 Å². The third-order valence-corrected chi connectivity index (χ3v) is 12.5. The number of para-hydroxylation sites is 2. The second-order valence-corrected chi connectivity index (χ2v) is 16.1. The number of benzene rings is 4. The van der Waals surface area contributed by atoms with Gasteiger partial charge in [-0.05, 0) is 60.6 Å². The Morgan fingerprint density at radius 2 is 0.941 bits per heavy atom. The van der Waals surface area contributed by atoms with Crippen molar-refractivity contribution in [3.05, 3.63) is 120 Å². The van der Waals surface area contributed by atoms with Gasteiger partial charge in [0.1, 0.15) is 34.0 Å². The molecule has 0 fully saturated rings. The lowest BCUT2D eigenvalue weighted by Gasteiger charge is -2.13. The predicted molar refractivity (Wildman–Crippen MR) is 200 cm³/mol. The zero-order valence-corrected chi connectivity index (χ0v) is 32.2. The molecule has 0 amide bonds. The van der Waals surface area contributed by atoms with Crippen molar-refractivity contribution >= 4 is 89.0 Å². The highest BCUT2D eigenvalue weighted by atomic mass is 32.3. The predicted octanol–water partition coefficient (Wildman–Crippen LogP) is 6.91. The molecule has 2 aromatic heterocycles. The molecule has 0 N–H and O–H groups in total. The van der Waals surface area contributed by atoms with Crippen LogP contribution in [0.1, 0.15) is 35.5 Å². The Morgan fingerprint density at radius 1 is 0.627 bits per heavy atom. The van der Waals surface area contributed by atoms with Gasteiger partial charge in [-0.15, -0.1) is 0 Å². The van der Waals surface area contributed by atoms with Crippen LogP contribution in [0.5, 0.6) is 0 Å². The number of hydrogen-bond acceptors (Lipinski definition) is 12. The summed E-state index contributed by atoms with van der Waals surface area (Å²) in [6.45, 7) is 4.46. The van der Waals surface area contributed by atoms with Gasteiger partial charge in [-0.3, -0.25) is 18.0 Å². The summed E-state index contributed by atoms with van der Waals surface area (Å²) in [4.78, 5) is 24.9. The van der Waals surface area contributed by atoms with Crippen LogP contribution in [0.4, 0.5) is 0 Å². The zero-order chi connectivity index (χ0) is 37.0. The summed E-state index contributed by atoms with van der Waals surface area (Å²) in [5.74, 6) is -0.387. The van der Waals surface area contributed by atoms with Crippen LogP contribution in [0, 0.1) is 0 Å². The maximum absolute atomic E-state index is 12.4. The summed E-state index contributed by atoms with van der Waals surface area (Å²) in [6.07, 6.45) is 0. The maximum atomic E-state index is 12.4. The topological polar surface area (TPSA) is 141 Å². The van der Waals surface area contributed by atoms with Crippen LogP contribution >= 0.6 is 46.2 Å². The number of carbonyl (C=O) groups excluding carboxylic acids is 2. The first kappa shape index (κ1) is 39.9. The number of hydrogen-bond donors (Lipinski definition) is 0. The molecule has 2 atom stereocenters. The minimum Gasteiger partial charge on any atom is -0.759 e. The molecule has 0 saturated heterocycles. The van der Waals surface area contributed by atoms with E-state index in [2.05, 4.69) is 33.4 Å². The molecule has 2 unspecified atom stereocenters. The van der Waals surface area contributed by atoms with Gasteiger partial charge in [0.05, 0.1) is 13.2 Å². The van der Waals surface area contributed by atoms with Crippen molar-refractivity contribution in [3.63, 3.8) is 0 Å². The number of thiazole rings is 2. The Morgan fingerprint density at radius 3 is 1.25 bits per heavy atom. The van der Waals surface area contributed by atoms with E-state index in [-0.39, 0.29) is 22.4 Å². The highest BCUT2D eigenvalue weighted by Crippen LogP contribution is 2.40. The van der Waals surface area contributed by atoms with E-state index in [0.29, 0.717) is 13.2 Å². The van der Waals surface area contributed by atoms with Crippen LogP contribution in [0.2, 0.25) is 0 Å². The van der Waals surface area contributed by atoms with E-state index < -0.39 is 10.4 Å². The van der Waals surface area contributed by atoms with Crippen molar-refractivity contribution < 1.29 is 45.7 Å². The largest absolute Gasteiger partial charge is 0.759 e. The number of esters is 2. The van der Waals surface area contributed by atoms with Crippen LogP contribution in [0.3, 0.4) is 0 Å². The van der Waals surface area contributed by atoms with Crippen molar-refractivity contribution in [2.45, 2.75) is 33.0 Å². The zero-order valence-electron chi connectivity index (χ0n) is 28.2. The van der Waals surface area contributed by atoms with E-state index in [1.807, 2.05) is 113 Å².